The molecule has 0 aliphatic heterocycles. The van der Waals surface area contributed by atoms with E-state index in [-0.39, 0.29) is 11.7 Å². The standard InChI is InChI=1S/C11H19NO2/c1-9(13)6-7-11(14)12(2)8-10-4-3-5-10/h10H,3-8H2,1-2H3. The number of rotatable bonds is 5. The molecule has 0 N–H and O–H groups in total. The maximum absolute atomic E-state index is 11.5. The number of carbonyl (C=O) groups is 2. The summed E-state index contributed by atoms with van der Waals surface area (Å²) in [7, 11) is 1.83. The van der Waals surface area contributed by atoms with Gasteiger partial charge in [0.15, 0.2) is 0 Å². The van der Waals surface area contributed by atoms with Crippen LogP contribution in [0.15, 0.2) is 0 Å². The lowest BCUT2D eigenvalue weighted by molar-refractivity contribution is -0.132. The summed E-state index contributed by atoms with van der Waals surface area (Å²) in [6.45, 7) is 2.40. The first-order valence-electron chi connectivity index (χ1n) is 5.33. The van der Waals surface area contributed by atoms with E-state index in [0.717, 1.165) is 6.54 Å². The van der Waals surface area contributed by atoms with Crippen molar-refractivity contribution >= 4 is 11.7 Å². The van der Waals surface area contributed by atoms with Gasteiger partial charge in [-0.05, 0) is 25.7 Å². The Bertz CT molecular complexity index is 221. The zero-order valence-electron chi connectivity index (χ0n) is 9.08. The molecule has 80 valence electrons. The molecule has 0 spiro atoms. The summed E-state index contributed by atoms with van der Waals surface area (Å²) in [5.74, 6) is 0.906. The summed E-state index contributed by atoms with van der Waals surface area (Å²) in [6.07, 6.45) is 4.57. The largest absolute Gasteiger partial charge is 0.345 e. The average Bonchev–Trinajstić information content (AvgIpc) is 2.06. The minimum Gasteiger partial charge on any atom is -0.345 e. The highest BCUT2D eigenvalue weighted by atomic mass is 16.2. The maximum Gasteiger partial charge on any atom is 0.222 e. The van der Waals surface area contributed by atoms with Gasteiger partial charge in [-0.3, -0.25) is 4.79 Å². The Kier molecular flexibility index (Phi) is 4.11. The molecule has 1 rings (SSSR count). The number of ketones is 1. The monoisotopic (exact) mass is 197 g/mol. The van der Waals surface area contributed by atoms with Crippen molar-refractivity contribution in [2.75, 3.05) is 13.6 Å². The van der Waals surface area contributed by atoms with Crippen LogP contribution in [0.3, 0.4) is 0 Å². The predicted molar refractivity (Wildman–Crippen MR) is 54.9 cm³/mol. The maximum atomic E-state index is 11.5. The molecule has 3 heteroatoms. The molecule has 0 aromatic heterocycles. The molecule has 1 aliphatic carbocycles. The lowest BCUT2D eigenvalue weighted by Crippen LogP contribution is -2.34. The first-order chi connectivity index (χ1) is 6.59. The van der Waals surface area contributed by atoms with Crippen LogP contribution in [0.4, 0.5) is 0 Å². The van der Waals surface area contributed by atoms with E-state index in [1.54, 1.807) is 4.90 Å². The van der Waals surface area contributed by atoms with Crippen LogP contribution >= 0.6 is 0 Å². The Morgan fingerprint density at radius 3 is 2.36 bits per heavy atom. The van der Waals surface area contributed by atoms with Gasteiger partial charge in [0, 0.05) is 26.4 Å². The number of hydrogen-bond donors (Lipinski definition) is 0. The molecule has 0 unspecified atom stereocenters. The van der Waals surface area contributed by atoms with Crippen molar-refractivity contribution in [1.29, 1.82) is 0 Å². The van der Waals surface area contributed by atoms with Gasteiger partial charge in [-0.2, -0.15) is 0 Å². The van der Waals surface area contributed by atoms with E-state index in [1.807, 2.05) is 7.05 Å². The molecule has 3 nitrogen and oxygen atoms in total. The third-order valence-corrected chi connectivity index (χ3v) is 2.87. The number of hydrogen-bond acceptors (Lipinski definition) is 2. The molecule has 14 heavy (non-hydrogen) atoms. The van der Waals surface area contributed by atoms with Crippen molar-refractivity contribution < 1.29 is 9.59 Å². The summed E-state index contributed by atoms with van der Waals surface area (Å²) >= 11 is 0. The van der Waals surface area contributed by atoms with E-state index in [1.165, 1.54) is 26.2 Å². The van der Waals surface area contributed by atoms with Gasteiger partial charge in [0.2, 0.25) is 5.91 Å². The van der Waals surface area contributed by atoms with Crippen molar-refractivity contribution in [3.63, 3.8) is 0 Å². The first-order valence-corrected chi connectivity index (χ1v) is 5.33. The summed E-state index contributed by atoms with van der Waals surface area (Å²) < 4.78 is 0. The predicted octanol–water partition coefficient (Wildman–Crippen LogP) is 1.61. The fourth-order valence-corrected chi connectivity index (χ4v) is 1.64. The van der Waals surface area contributed by atoms with E-state index in [0.29, 0.717) is 18.8 Å². The summed E-state index contributed by atoms with van der Waals surface area (Å²) in [5, 5.41) is 0. The number of carbonyl (C=O) groups excluding carboxylic acids is 2. The second kappa shape index (κ2) is 5.13. The highest BCUT2D eigenvalue weighted by molar-refractivity contribution is 5.83. The molecule has 0 radical (unpaired) electrons. The Morgan fingerprint density at radius 2 is 1.93 bits per heavy atom. The molecule has 1 saturated carbocycles. The van der Waals surface area contributed by atoms with Crippen molar-refractivity contribution in [2.45, 2.75) is 39.0 Å². The fourth-order valence-electron chi connectivity index (χ4n) is 1.64. The van der Waals surface area contributed by atoms with Gasteiger partial charge < -0.3 is 9.69 Å². The van der Waals surface area contributed by atoms with E-state index in [9.17, 15) is 9.59 Å². The van der Waals surface area contributed by atoms with Gasteiger partial charge >= 0.3 is 0 Å². The normalized spacial score (nSPS) is 16.1. The molecule has 1 fully saturated rings. The number of Topliss-reactive ketones (excluding diaryl/α,β-unsaturated/α-hetero) is 1. The molecule has 0 aromatic carbocycles. The molecule has 0 aromatic rings. The summed E-state index contributed by atoms with van der Waals surface area (Å²) in [4.78, 5) is 24.0. The van der Waals surface area contributed by atoms with Crippen LogP contribution < -0.4 is 0 Å². The van der Waals surface area contributed by atoms with E-state index < -0.39 is 0 Å². The Labute approximate surface area is 85.5 Å². The minimum atomic E-state index is 0.0930. The van der Waals surface area contributed by atoms with Gasteiger partial charge in [-0.15, -0.1) is 0 Å². The highest BCUT2D eigenvalue weighted by Crippen LogP contribution is 2.26. The quantitative estimate of drug-likeness (QED) is 0.671. The van der Waals surface area contributed by atoms with E-state index in [4.69, 9.17) is 0 Å². The van der Waals surface area contributed by atoms with Crippen LogP contribution in [0, 0.1) is 5.92 Å². The number of nitrogens with zero attached hydrogens (tertiary/aromatic N) is 1. The Morgan fingerprint density at radius 1 is 1.29 bits per heavy atom. The Hall–Kier alpha value is -0.860. The second-order valence-corrected chi connectivity index (χ2v) is 4.27. The van der Waals surface area contributed by atoms with Crippen LogP contribution in [0.5, 0.6) is 0 Å². The number of amides is 1. The summed E-state index contributed by atoms with van der Waals surface area (Å²) in [5.41, 5.74) is 0. The van der Waals surface area contributed by atoms with Crippen molar-refractivity contribution in [3.05, 3.63) is 0 Å². The molecular weight excluding hydrogens is 178 g/mol. The van der Waals surface area contributed by atoms with Gasteiger partial charge in [-0.25, -0.2) is 0 Å². The van der Waals surface area contributed by atoms with Crippen molar-refractivity contribution in [1.82, 2.24) is 4.90 Å². The fraction of sp³-hybridized carbons (Fsp3) is 0.818. The molecule has 0 heterocycles. The molecule has 1 amide bonds. The molecule has 0 saturated heterocycles. The third kappa shape index (κ3) is 3.48. The second-order valence-electron chi connectivity index (χ2n) is 4.27. The molecule has 1 aliphatic rings. The lowest BCUT2D eigenvalue weighted by Gasteiger charge is -2.30. The zero-order chi connectivity index (χ0) is 10.6. The van der Waals surface area contributed by atoms with Crippen molar-refractivity contribution in [3.8, 4) is 0 Å². The third-order valence-electron chi connectivity index (χ3n) is 2.87. The van der Waals surface area contributed by atoms with Crippen LogP contribution in [-0.2, 0) is 9.59 Å². The van der Waals surface area contributed by atoms with E-state index >= 15 is 0 Å². The van der Waals surface area contributed by atoms with Crippen molar-refractivity contribution in [2.24, 2.45) is 5.92 Å². The Balaban J connectivity index is 2.17. The van der Waals surface area contributed by atoms with Gasteiger partial charge in [-0.1, -0.05) is 6.42 Å². The van der Waals surface area contributed by atoms with Crippen LogP contribution in [-0.4, -0.2) is 30.2 Å². The minimum absolute atomic E-state index is 0.0930. The molecular formula is C11H19NO2. The highest BCUT2D eigenvalue weighted by Gasteiger charge is 2.21. The van der Waals surface area contributed by atoms with Gasteiger partial charge in [0.1, 0.15) is 5.78 Å². The zero-order valence-corrected chi connectivity index (χ0v) is 9.08. The SMILES string of the molecule is CC(=O)CCC(=O)N(C)CC1CCC1. The van der Waals surface area contributed by atoms with Gasteiger partial charge in [0.05, 0.1) is 0 Å². The first kappa shape index (κ1) is 11.2. The van der Waals surface area contributed by atoms with Crippen LogP contribution in [0.1, 0.15) is 39.0 Å². The van der Waals surface area contributed by atoms with E-state index in [2.05, 4.69) is 0 Å². The smallest absolute Gasteiger partial charge is 0.222 e. The topological polar surface area (TPSA) is 37.4 Å². The van der Waals surface area contributed by atoms with Crippen LogP contribution in [0.25, 0.3) is 0 Å². The average molecular weight is 197 g/mol. The molecule has 0 bridgehead atoms. The lowest BCUT2D eigenvalue weighted by atomic mass is 9.85. The molecule has 0 atom stereocenters. The van der Waals surface area contributed by atoms with Crippen LogP contribution in [0.2, 0.25) is 0 Å². The van der Waals surface area contributed by atoms with Gasteiger partial charge in [0.25, 0.3) is 0 Å². The summed E-state index contributed by atoms with van der Waals surface area (Å²) in [6, 6.07) is 0.